The van der Waals surface area contributed by atoms with Crippen molar-refractivity contribution < 1.29 is 22.7 Å². The molecule has 0 bridgehead atoms. The van der Waals surface area contributed by atoms with Crippen LogP contribution >= 0.6 is 0 Å². The molecule has 1 aromatic rings. The van der Waals surface area contributed by atoms with E-state index in [1.165, 1.54) is 12.1 Å². The Labute approximate surface area is 116 Å². The Bertz CT molecular complexity index is 626. The van der Waals surface area contributed by atoms with E-state index in [2.05, 4.69) is 9.44 Å². The summed E-state index contributed by atoms with van der Waals surface area (Å²) in [4.78, 5) is 10.3. The van der Waals surface area contributed by atoms with E-state index in [1.54, 1.807) is 13.8 Å². The van der Waals surface area contributed by atoms with Crippen LogP contribution in [-0.4, -0.2) is 25.5 Å². The van der Waals surface area contributed by atoms with Gasteiger partial charge in [-0.2, -0.15) is 13.1 Å². The van der Waals surface area contributed by atoms with Gasteiger partial charge in [-0.05, 0) is 38.1 Å². The van der Waals surface area contributed by atoms with E-state index in [0.29, 0.717) is 0 Å². The maximum atomic E-state index is 13.6. The van der Waals surface area contributed by atoms with Crippen molar-refractivity contribution in [3.05, 3.63) is 35.7 Å². The van der Waals surface area contributed by atoms with Crippen molar-refractivity contribution in [1.29, 1.82) is 0 Å². The fraction of sp³-hybridized carbons (Fsp3) is 0.250. The SMILES string of the molecule is CC(C)NS(=O)(=O)Nc1ccc(/C=C/C(=O)O)c(F)c1. The molecule has 0 saturated heterocycles. The van der Waals surface area contributed by atoms with Crippen LogP contribution in [0.1, 0.15) is 19.4 Å². The van der Waals surface area contributed by atoms with Crippen molar-refractivity contribution in [3.63, 3.8) is 0 Å². The first-order valence-corrected chi connectivity index (χ1v) is 7.18. The van der Waals surface area contributed by atoms with Crippen LogP contribution in [0.2, 0.25) is 0 Å². The predicted molar refractivity (Wildman–Crippen MR) is 73.9 cm³/mol. The van der Waals surface area contributed by atoms with Crippen molar-refractivity contribution >= 4 is 27.9 Å². The minimum Gasteiger partial charge on any atom is -0.478 e. The van der Waals surface area contributed by atoms with Crippen LogP contribution in [0, 0.1) is 5.82 Å². The molecule has 1 aromatic carbocycles. The maximum absolute atomic E-state index is 13.6. The number of halogens is 1. The number of hydrogen-bond donors (Lipinski definition) is 3. The molecule has 0 fully saturated rings. The van der Waals surface area contributed by atoms with E-state index in [0.717, 1.165) is 18.2 Å². The second kappa shape index (κ2) is 6.49. The molecular formula is C12H15FN2O4S. The Morgan fingerprint density at radius 2 is 2.05 bits per heavy atom. The van der Waals surface area contributed by atoms with E-state index in [-0.39, 0.29) is 17.3 Å². The standard InChI is InChI=1S/C12H15FN2O4S/c1-8(2)14-20(18,19)15-10-5-3-9(11(13)7-10)4-6-12(16)17/h3-8,14-15H,1-2H3,(H,16,17)/b6-4+. The van der Waals surface area contributed by atoms with Crippen LogP contribution in [-0.2, 0) is 15.0 Å². The minimum absolute atomic E-state index is 0.0446. The molecule has 0 radical (unpaired) electrons. The molecule has 0 unspecified atom stereocenters. The lowest BCUT2D eigenvalue weighted by Gasteiger charge is -2.12. The first kappa shape index (κ1) is 16.1. The predicted octanol–water partition coefficient (Wildman–Crippen LogP) is 1.58. The summed E-state index contributed by atoms with van der Waals surface area (Å²) in [5.41, 5.74) is 0.0929. The zero-order chi connectivity index (χ0) is 15.3. The first-order chi connectivity index (χ1) is 9.19. The topological polar surface area (TPSA) is 95.5 Å². The number of benzene rings is 1. The second-order valence-electron chi connectivity index (χ2n) is 4.29. The lowest BCUT2D eigenvalue weighted by atomic mass is 10.2. The number of anilines is 1. The van der Waals surface area contributed by atoms with Crippen LogP contribution in [0.4, 0.5) is 10.1 Å². The molecule has 20 heavy (non-hydrogen) atoms. The van der Waals surface area contributed by atoms with Crippen LogP contribution < -0.4 is 9.44 Å². The average molecular weight is 302 g/mol. The van der Waals surface area contributed by atoms with Gasteiger partial charge in [0.2, 0.25) is 0 Å². The Balaban J connectivity index is 2.90. The summed E-state index contributed by atoms with van der Waals surface area (Å²) in [5, 5.41) is 8.45. The second-order valence-corrected chi connectivity index (χ2v) is 5.73. The molecule has 6 nitrogen and oxygen atoms in total. The molecule has 0 saturated carbocycles. The molecule has 0 aliphatic rings. The first-order valence-electron chi connectivity index (χ1n) is 5.70. The monoisotopic (exact) mass is 302 g/mol. The third-order valence-electron chi connectivity index (χ3n) is 2.05. The lowest BCUT2D eigenvalue weighted by Crippen LogP contribution is -2.35. The summed E-state index contributed by atoms with van der Waals surface area (Å²) in [6.45, 7) is 3.30. The van der Waals surface area contributed by atoms with Crippen LogP contribution in [0.5, 0.6) is 0 Å². The molecule has 0 aliphatic carbocycles. The van der Waals surface area contributed by atoms with Crippen LogP contribution in [0.3, 0.4) is 0 Å². The molecule has 0 heterocycles. The Hall–Kier alpha value is -1.93. The van der Waals surface area contributed by atoms with Crippen molar-refractivity contribution in [2.75, 3.05) is 4.72 Å². The zero-order valence-corrected chi connectivity index (χ0v) is 11.7. The van der Waals surface area contributed by atoms with Crippen molar-refractivity contribution in [3.8, 4) is 0 Å². The number of nitrogens with one attached hydrogen (secondary N) is 2. The lowest BCUT2D eigenvalue weighted by molar-refractivity contribution is -0.131. The molecule has 0 spiro atoms. The van der Waals surface area contributed by atoms with Gasteiger partial charge >= 0.3 is 5.97 Å². The number of rotatable bonds is 6. The van der Waals surface area contributed by atoms with Gasteiger partial charge in [-0.3, -0.25) is 4.72 Å². The van der Waals surface area contributed by atoms with E-state index in [9.17, 15) is 17.6 Å². The van der Waals surface area contributed by atoms with E-state index < -0.39 is 22.0 Å². The number of carbonyl (C=O) groups is 1. The molecule has 1 rings (SSSR count). The molecule has 0 amide bonds. The molecule has 0 aliphatic heterocycles. The highest BCUT2D eigenvalue weighted by atomic mass is 32.2. The molecule has 8 heteroatoms. The van der Waals surface area contributed by atoms with Gasteiger partial charge in [-0.15, -0.1) is 0 Å². The van der Waals surface area contributed by atoms with Gasteiger partial charge in [0.1, 0.15) is 5.82 Å². The highest BCUT2D eigenvalue weighted by Gasteiger charge is 2.12. The van der Waals surface area contributed by atoms with E-state index >= 15 is 0 Å². The van der Waals surface area contributed by atoms with Crippen LogP contribution in [0.25, 0.3) is 6.08 Å². The van der Waals surface area contributed by atoms with Gasteiger partial charge in [0, 0.05) is 17.7 Å². The smallest absolute Gasteiger partial charge is 0.328 e. The summed E-state index contributed by atoms with van der Waals surface area (Å²) in [7, 11) is -3.77. The third-order valence-corrected chi connectivity index (χ3v) is 3.34. The Morgan fingerprint density at radius 3 is 2.55 bits per heavy atom. The summed E-state index contributed by atoms with van der Waals surface area (Å²) in [6.07, 6.45) is 1.88. The highest BCUT2D eigenvalue weighted by Crippen LogP contribution is 2.16. The Morgan fingerprint density at radius 1 is 1.40 bits per heavy atom. The van der Waals surface area contributed by atoms with Gasteiger partial charge in [0.25, 0.3) is 10.2 Å². The van der Waals surface area contributed by atoms with Gasteiger partial charge in [0.15, 0.2) is 0 Å². The quantitative estimate of drug-likeness (QED) is 0.695. The van der Waals surface area contributed by atoms with Crippen molar-refractivity contribution in [2.24, 2.45) is 0 Å². The average Bonchev–Trinajstić information content (AvgIpc) is 2.24. The normalized spacial score (nSPS) is 12.0. The largest absolute Gasteiger partial charge is 0.478 e. The maximum Gasteiger partial charge on any atom is 0.328 e. The summed E-state index contributed by atoms with van der Waals surface area (Å²) in [6, 6.07) is 3.29. The van der Waals surface area contributed by atoms with Crippen molar-refractivity contribution in [2.45, 2.75) is 19.9 Å². The molecule has 3 N–H and O–H groups in total. The minimum atomic E-state index is -3.77. The summed E-state index contributed by atoms with van der Waals surface area (Å²) < 4.78 is 41.3. The highest BCUT2D eigenvalue weighted by molar-refractivity contribution is 7.90. The number of carboxylic acids is 1. The molecule has 0 aromatic heterocycles. The Kier molecular flexibility index (Phi) is 5.23. The summed E-state index contributed by atoms with van der Waals surface area (Å²) in [5.74, 6) is -1.93. The molecule has 0 atom stereocenters. The van der Waals surface area contributed by atoms with E-state index in [1.807, 2.05) is 0 Å². The zero-order valence-electron chi connectivity index (χ0n) is 10.9. The van der Waals surface area contributed by atoms with Gasteiger partial charge in [0.05, 0.1) is 5.69 Å². The fourth-order valence-corrected chi connectivity index (χ4v) is 2.50. The van der Waals surface area contributed by atoms with Gasteiger partial charge in [-0.25, -0.2) is 9.18 Å². The number of hydrogen-bond acceptors (Lipinski definition) is 3. The summed E-state index contributed by atoms with van der Waals surface area (Å²) >= 11 is 0. The number of aliphatic carboxylic acids is 1. The van der Waals surface area contributed by atoms with Crippen molar-refractivity contribution in [1.82, 2.24) is 4.72 Å². The van der Waals surface area contributed by atoms with Gasteiger partial charge < -0.3 is 5.11 Å². The number of carboxylic acid groups (broad SMARTS) is 1. The van der Waals surface area contributed by atoms with E-state index in [4.69, 9.17) is 5.11 Å². The fourth-order valence-electron chi connectivity index (χ4n) is 1.38. The third kappa shape index (κ3) is 5.37. The molecule has 110 valence electrons. The van der Waals surface area contributed by atoms with Gasteiger partial charge in [-0.1, -0.05) is 0 Å². The van der Waals surface area contributed by atoms with Crippen LogP contribution in [0.15, 0.2) is 24.3 Å². The molecular weight excluding hydrogens is 287 g/mol.